The minimum absolute atomic E-state index is 0.0216. The summed E-state index contributed by atoms with van der Waals surface area (Å²) in [5, 5.41) is 10.4. The summed E-state index contributed by atoms with van der Waals surface area (Å²) in [5.74, 6) is 0.348. The molecule has 1 aliphatic heterocycles. The quantitative estimate of drug-likeness (QED) is 0.483. The Kier molecular flexibility index (Phi) is 4.85. The zero-order chi connectivity index (χ0) is 22.1. The maximum absolute atomic E-state index is 13.0. The van der Waals surface area contributed by atoms with E-state index in [0.29, 0.717) is 23.3 Å². The highest BCUT2D eigenvalue weighted by atomic mass is 16.5. The lowest BCUT2D eigenvalue weighted by atomic mass is 9.83. The predicted octanol–water partition coefficient (Wildman–Crippen LogP) is 4.59. The molecule has 156 valence electrons. The van der Waals surface area contributed by atoms with Crippen LogP contribution < -0.4 is 20.8 Å². The molecule has 3 aromatic carbocycles. The largest absolute Gasteiger partial charge is 0.489 e. The topological polar surface area (TPSA) is 98.5 Å². The standard InChI is InChI=1S/C26H18N2O4/c27-14-20-22(17-8-6-7-16(13-17)15-30-18-9-2-1-3-10-18)23-24(32-25(20)28)19-11-4-5-12-21(19)31-26(23)29/h1-13,22H,15,28H2. The summed E-state index contributed by atoms with van der Waals surface area (Å²) < 4.78 is 17.2. The third kappa shape index (κ3) is 3.36. The molecular formula is C26H18N2O4. The van der Waals surface area contributed by atoms with Gasteiger partial charge in [0.05, 0.1) is 16.9 Å². The average molecular weight is 422 g/mol. The smallest absolute Gasteiger partial charge is 0.344 e. The van der Waals surface area contributed by atoms with E-state index in [2.05, 4.69) is 6.07 Å². The Morgan fingerprint density at radius 2 is 1.78 bits per heavy atom. The first kappa shape index (κ1) is 19.5. The molecular weight excluding hydrogens is 404 g/mol. The molecule has 6 nitrogen and oxygen atoms in total. The fraction of sp³-hybridized carbons (Fsp3) is 0.0769. The van der Waals surface area contributed by atoms with Crippen molar-refractivity contribution in [1.29, 1.82) is 5.26 Å². The lowest BCUT2D eigenvalue weighted by Crippen LogP contribution is -2.26. The Morgan fingerprint density at radius 3 is 2.59 bits per heavy atom. The predicted molar refractivity (Wildman–Crippen MR) is 119 cm³/mol. The van der Waals surface area contributed by atoms with Crippen molar-refractivity contribution < 1.29 is 13.9 Å². The SMILES string of the molecule is N#CC1=C(N)Oc2c(c(=O)oc3ccccc23)C1c1cccc(COc2ccccc2)c1. The number of nitrogens with two attached hydrogens (primary N) is 1. The van der Waals surface area contributed by atoms with Crippen LogP contribution in [0.2, 0.25) is 0 Å². The Morgan fingerprint density at radius 1 is 1.00 bits per heavy atom. The average Bonchev–Trinajstić information content (AvgIpc) is 2.83. The van der Waals surface area contributed by atoms with Gasteiger partial charge in [0.2, 0.25) is 5.88 Å². The minimum Gasteiger partial charge on any atom is -0.489 e. The number of para-hydroxylation sites is 2. The van der Waals surface area contributed by atoms with Gasteiger partial charge in [-0.15, -0.1) is 0 Å². The highest BCUT2D eigenvalue weighted by Crippen LogP contribution is 2.43. The van der Waals surface area contributed by atoms with Crippen LogP contribution >= 0.6 is 0 Å². The van der Waals surface area contributed by atoms with Gasteiger partial charge >= 0.3 is 5.63 Å². The summed E-state index contributed by atoms with van der Waals surface area (Å²) >= 11 is 0. The van der Waals surface area contributed by atoms with Crippen LogP contribution in [-0.2, 0) is 6.61 Å². The third-order valence-corrected chi connectivity index (χ3v) is 5.41. The van der Waals surface area contributed by atoms with Crippen LogP contribution in [-0.4, -0.2) is 0 Å². The van der Waals surface area contributed by atoms with Crippen molar-refractivity contribution in [1.82, 2.24) is 0 Å². The molecule has 1 atom stereocenters. The van der Waals surface area contributed by atoms with E-state index < -0.39 is 11.5 Å². The van der Waals surface area contributed by atoms with Crippen molar-refractivity contribution in [2.75, 3.05) is 0 Å². The normalized spacial score (nSPS) is 15.0. The molecule has 0 amide bonds. The van der Waals surface area contributed by atoms with Crippen LogP contribution in [0, 0.1) is 11.3 Å². The van der Waals surface area contributed by atoms with Crippen LogP contribution in [0.3, 0.4) is 0 Å². The minimum atomic E-state index is -0.707. The van der Waals surface area contributed by atoms with E-state index >= 15 is 0 Å². The van der Waals surface area contributed by atoms with Gasteiger partial charge in [-0.25, -0.2) is 4.79 Å². The summed E-state index contributed by atoms with van der Waals surface area (Å²) in [6.07, 6.45) is 0. The Balaban J connectivity index is 1.61. The van der Waals surface area contributed by atoms with Crippen molar-refractivity contribution in [3.8, 4) is 17.6 Å². The zero-order valence-electron chi connectivity index (χ0n) is 16.9. The Hall–Kier alpha value is -4.50. The second-order valence-electron chi connectivity index (χ2n) is 7.40. The van der Waals surface area contributed by atoms with E-state index in [1.807, 2.05) is 60.7 Å². The first-order valence-corrected chi connectivity index (χ1v) is 10.1. The van der Waals surface area contributed by atoms with E-state index in [9.17, 15) is 10.1 Å². The second-order valence-corrected chi connectivity index (χ2v) is 7.40. The van der Waals surface area contributed by atoms with Crippen LogP contribution in [0.25, 0.3) is 11.0 Å². The molecule has 0 saturated heterocycles. The lowest BCUT2D eigenvalue weighted by Gasteiger charge is -2.26. The lowest BCUT2D eigenvalue weighted by molar-refractivity contribution is 0.306. The molecule has 2 N–H and O–H groups in total. The number of rotatable bonds is 4. The number of fused-ring (bicyclic) bond motifs is 3. The van der Waals surface area contributed by atoms with Crippen LogP contribution in [0.5, 0.6) is 11.5 Å². The summed E-state index contributed by atoms with van der Waals surface area (Å²) in [6, 6.07) is 26.2. The van der Waals surface area contributed by atoms with Gasteiger partial charge in [0, 0.05) is 0 Å². The summed E-state index contributed by atoms with van der Waals surface area (Å²) in [7, 11) is 0. The fourth-order valence-electron chi connectivity index (χ4n) is 3.95. The van der Waals surface area contributed by atoms with Gasteiger partial charge in [-0.1, -0.05) is 54.6 Å². The van der Waals surface area contributed by atoms with Crippen LogP contribution in [0.15, 0.2) is 99.5 Å². The molecule has 0 fully saturated rings. The molecule has 0 radical (unpaired) electrons. The Bertz CT molecular complexity index is 1450. The third-order valence-electron chi connectivity index (χ3n) is 5.41. The molecule has 2 heterocycles. The van der Waals surface area contributed by atoms with Gasteiger partial charge in [-0.05, 0) is 35.4 Å². The molecule has 1 aliphatic rings. The highest BCUT2D eigenvalue weighted by molar-refractivity contribution is 5.86. The van der Waals surface area contributed by atoms with Crippen molar-refractivity contribution in [2.45, 2.75) is 12.5 Å². The van der Waals surface area contributed by atoms with Crippen molar-refractivity contribution in [3.63, 3.8) is 0 Å². The molecule has 1 unspecified atom stereocenters. The van der Waals surface area contributed by atoms with Gasteiger partial charge in [-0.3, -0.25) is 0 Å². The number of nitriles is 1. The molecule has 5 rings (SSSR count). The van der Waals surface area contributed by atoms with Gasteiger partial charge in [0.25, 0.3) is 0 Å². The van der Waals surface area contributed by atoms with Crippen molar-refractivity contribution in [2.24, 2.45) is 5.73 Å². The molecule has 32 heavy (non-hydrogen) atoms. The number of hydrogen-bond donors (Lipinski definition) is 1. The highest BCUT2D eigenvalue weighted by Gasteiger charge is 2.35. The van der Waals surface area contributed by atoms with Gasteiger partial charge in [0.1, 0.15) is 29.6 Å². The van der Waals surface area contributed by atoms with E-state index in [1.165, 1.54) is 0 Å². The number of benzene rings is 3. The van der Waals surface area contributed by atoms with E-state index in [1.54, 1.807) is 18.2 Å². The second kappa shape index (κ2) is 7.97. The number of ether oxygens (including phenoxy) is 2. The number of nitrogens with zero attached hydrogens (tertiary/aromatic N) is 1. The number of hydrogen-bond acceptors (Lipinski definition) is 6. The monoisotopic (exact) mass is 422 g/mol. The number of allylic oxidation sites excluding steroid dienone is 1. The van der Waals surface area contributed by atoms with Crippen molar-refractivity contribution >= 4 is 11.0 Å². The van der Waals surface area contributed by atoms with E-state index in [-0.39, 0.29) is 17.0 Å². The van der Waals surface area contributed by atoms with Crippen LogP contribution in [0.4, 0.5) is 0 Å². The molecule has 0 bridgehead atoms. The Labute approximate surface area is 183 Å². The van der Waals surface area contributed by atoms with Crippen molar-refractivity contribution in [3.05, 3.63) is 117 Å². The zero-order valence-corrected chi connectivity index (χ0v) is 16.9. The van der Waals surface area contributed by atoms with E-state index in [4.69, 9.17) is 19.6 Å². The van der Waals surface area contributed by atoms with E-state index in [0.717, 1.165) is 16.9 Å². The maximum atomic E-state index is 13.0. The molecule has 6 heteroatoms. The molecule has 0 saturated carbocycles. The molecule has 4 aromatic rings. The maximum Gasteiger partial charge on any atom is 0.344 e. The summed E-state index contributed by atoms with van der Waals surface area (Å²) in [4.78, 5) is 13.0. The summed E-state index contributed by atoms with van der Waals surface area (Å²) in [5.41, 5.74) is 8.00. The molecule has 0 aliphatic carbocycles. The van der Waals surface area contributed by atoms with Gasteiger partial charge in [0.15, 0.2) is 5.75 Å². The van der Waals surface area contributed by atoms with Crippen LogP contribution in [0.1, 0.15) is 22.6 Å². The first-order chi connectivity index (χ1) is 15.7. The summed E-state index contributed by atoms with van der Waals surface area (Å²) in [6.45, 7) is 0.335. The molecule has 1 aromatic heterocycles. The fourth-order valence-corrected chi connectivity index (χ4v) is 3.95. The van der Waals surface area contributed by atoms with Gasteiger partial charge < -0.3 is 19.6 Å². The van der Waals surface area contributed by atoms with Gasteiger partial charge in [-0.2, -0.15) is 5.26 Å². The molecule has 0 spiro atoms. The first-order valence-electron chi connectivity index (χ1n) is 10.1.